The number of amides is 3. The van der Waals surface area contributed by atoms with Crippen LogP contribution in [0.15, 0.2) is 4.99 Å². The normalized spacial score (nSPS) is 13.3. The van der Waals surface area contributed by atoms with Gasteiger partial charge in [0.1, 0.15) is 18.6 Å². The molecule has 0 saturated carbocycles. The first kappa shape index (κ1) is 26.6. The smallest absolute Gasteiger partial charge is 0.322 e. The number of nitrogens with one attached hydrogen (secondary N) is 3. The molecule has 0 aliphatic heterocycles. The number of hydrogen-bond acceptors (Lipinski definition) is 7. The van der Waals surface area contributed by atoms with Gasteiger partial charge in [0.2, 0.25) is 17.7 Å². The fourth-order valence-corrected chi connectivity index (χ4v) is 2.15. The first-order chi connectivity index (χ1) is 13.9. The monoisotopic (exact) mass is 431 g/mol. The van der Waals surface area contributed by atoms with E-state index >= 15 is 0 Å². The number of aliphatic carboxylic acids is 2. The van der Waals surface area contributed by atoms with Gasteiger partial charge in [0.25, 0.3) is 0 Å². The Balaban J connectivity index is 4.86. The van der Waals surface area contributed by atoms with Crippen molar-refractivity contribution in [3.8, 4) is 0 Å². The molecule has 30 heavy (non-hydrogen) atoms. The molecule has 0 fully saturated rings. The summed E-state index contributed by atoms with van der Waals surface area (Å²) < 4.78 is 0. The standard InChI is InChI=1S/C16H29N7O7/c1-8(22-14(29)9(17)4-5-11(24)25)13(28)23-10(3-2-6-20-16(18)19)15(30)21-7-12(26)27/h8-10H,2-7,17H2,1H3,(H,21,30)(H,22,29)(H,23,28)(H,24,25)(H,26,27)(H4,18,19,20). The van der Waals surface area contributed by atoms with Gasteiger partial charge in [-0.2, -0.15) is 0 Å². The minimum atomic E-state index is -1.26. The SMILES string of the molecule is CC(NC(=O)C(N)CCC(=O)O)C(=O)NC(CCCN=C(N)N)C(=O)NCC(=O)O. The summed E-state index contributed by atoms with van der Waals surface area (Å²) >= 11 is 0. The third-order valence-electron chi connectivity index (χ3n) is 3.75. The van der Waals surface area contributed by atoms with Crippen molar-refractivity contribution in [2.24, 2.45) is 22.2 Å². The lowest BCUT2D eigenvalue weighted by Crippen LogP contribution is -2.55. The summed E-state index contributed by atoms with van der Waals surface area (Å²) in [6, 6.07) is -3.29. The van der Waals surface area contributed by atoms with E-state index in [1.165, 1.54) is 6.92 Å². The van der Waals surface area contributed by atoms with Gasteiger partial charge in [0, 0.05) is 13.0 Å². The minimum Gasteiger partial charge on any atom is -0.481 e. The summed E-state index contributed by atoms with van der Waals surface area (Å²) in [6.45, 7) is 0.901. The zero-order valence-electron chi connectivity index (χ0n) is 16.6. The molecular weight excluding hydrogens is 402 g/mol. The lowest BCUT2D eigenvalue weighted by molar-refractivity contribution is -0.139. The lowest BCUT2D eigenvalue weighted by atomic mass is 10.1. The van der Waals surface area contributed by atoms with Crippen LogP contribution >= 0.6 is 0 Å². The molecule has 0 radical (unpaired) electrons. The topological polar surface area (TPSA) is 252 Å². The van der Waals surface area contributed by atoms with Crippen LogP contribution in [0.2, 0.25) is 0 Å². The van der Waals surface area contributed by atoms with Gasteiger partial charge in [-0.1, -0.05) is 0 Å². The molecule has 170 valence electrons. The van der Waals surface area contributed by atoms with Crippen LogP contribution in [0, 0.1) is 0 Å². The first-order valence-corrected chi connectivity index (χ1v) is 9.07. The van der Waals surface area contributed by atoms with E-state index in [0.717, 1.165) is 0 Å². The summed E-state index contributed by atoms with van der Waals surface area (Å²) in [6.07, 6.45) is -0.00575. The van der Waals surface area contributed by atoms with Gasteiger partial charge in [-0.25, -0.2) is 0 Å². The summed E-state index contributed by atoms with van der Waals surface area (Å²) in [5.41, 5.74) is 16.0. The molecule has 0 aromatic carbocycles. The minimum absolute atomic E-state index is 0.104. The number of rotatable bonds is 14. The van der Waals surface area contributed by atoms with Gasteiger partial charge in [0.05, 0.1) is 6.04 Å². The lowest BCUT2D eigenvalue weighted by Gasteiger charge is -2.21. The third kappa shape index (κ3) is 12.1. The highest BCUT2D eigenvalue weighted by Crippen LogP contribution is 2.01. The Kier molecular flexibility index (Phi) is 12.1. The van der Waals surface area contributed by atoms with Crippen LogP contribution in [0.3, 0.4) is 0 Å². The van der Waals surface area contributed by atoms with Crippen molar-refractivity contribution in [1.82, 2.24) is 16.0 Å². The maximum Gasteiger partial charge on any atom is 0.322 e. The maximum atomic E-state index is 12.3. The van der Waals surface area contributed by atoms with Crippen molar-refractivity contribution < 1.29 is 34.2 Å². The summed E-state index contributed by atoms with van der Waals surface area (Å²) in [4.78, 5) is 61.4. The van der Waals surface area contributed by atoms with Gasteiger partial charge in [-0.05, 0) is 26.2 Å². The maximum absolute atomic E-state index is 12.3. The number of carbonyl (C=O) groups is 5. The predicted molar refractivity (Wildman–Crippen MR) is 105 cm³/mol. The molecule has 0 aliphatic rings. The quantitative estimate of drug-likeness (QED) is 0.0762. The van der Waals surface area contributed by atoms with Gasteiger partial charge >= 0.3 is 11.9 Å². The van der Waals surface area contributed by atoms with Crippen LogP contribution in [0.1, 0.15) is 32.6 Å². The molecule has 11 N–H and O–H groups in total. The van der Waals surface area contributed by atoms with E-state index in [1.807, 2.05) is 0 Å². The molecule has 14 heteroatoms. The van der Waals surface area contributed by atoms with Crippen molar-refractivity contribution >= 4 is 35.6 Å². The highest BCUT2D eigenvalue weighted by atomic mass is 16.4. The average Bonchev–Trinajstić information content (AvgIpc) is 2.65. The second kappa shape index (κ2) is 13.7. The number of guanidine groups is 1. The zero-order chi connectivity index (χ0) is 23.3. The molecular formula is C16H29N7O7. The number of hydrogen-bond donors (Lipinski definition) is 8. The Labute approximate surface area is 172 Å². The highest BCUT2D eigenvalue weighted by Gasteiger charge is 2.25. The molecule has 0 saturated heterocycles. The van der Waals surface area contributed by atoms with Gasteiger partial charge in [-0.15, -0.1) is 0 Å². The van der Waals surface area contributed by atoms with E-state index in [2.05, 4.69) is 20.9 Å². The fourth-order valence-electron chi connectivity index (χ4n) is 2.15. The zero-order valence-corrected chi connectivity index (χ0v) is 16.6. The van der Waals surface area contributed by atoms with Crippen LogP contribution in [0.4, 0.5) is 0 Å². The predicted octanol–water partition coefficient (Wildman–Crippen LogP) is -3.58. The number of carboxylic acids is 2. The molecule has 0 heterocycles. The highest BCUT2D eigenvalue weighted by molar-refractivity contribution is 5.93. The molecule has 0 aromatic heterocycles. The van der Waals surface area contributed by atoms with Crippen LogP contribution in [0.25, 0.3) is 0 Å². The average molecular weight is 431 g/mol. The van der Waals surface area contributed by atoms with Crippen molar-refractivity contribution in [3.63, 3.8) is 0 Å². The molecule has 14 nitrogen and oxygen atoms in total. The number of carbonyl (C=O) groups excluding carboxylic acids is 3. The summed E-state index contributed by atoms with van der Waals surface area (Å²) in [7, 11) is 0. The van der Waals surface area contributed by atoms with Gasteiger partial charge < -0.3 is 43.4 Å². The number of aliphatic imine (C=N–C) groups is 1. The van der Waals surface area contributed by atoms with Crippen molar-refractivity contribution in [3.05, 3.63) is 0 Å². The van der Waals surface area contributed by atoms with E-state index in [-0.39, 0.29) is 31.8 Å². The third-order valence-corrected chi connectivity index (χ3v) is 3.75. The Bertz CT molecular complexity index is 664. The van der Waals surface area contributed by atoms with Crippen molar-refractivity contribution in [2.45, 2.75) is 50.7 Å². The van der Waals surface area contributed by atoms with E-state index < -0.39 is 54.3 Å². The van der Waals surface area contributed by atoms with Crippen LogP contribution < -0.4 is 33.2 Å². The molecule has 3 unspecified atom stereocenters. The van der Waals surface area contributed by atoms with Gasteiger partial charge in [-0.3, -0.25) is 29.0 Å². The van der Waals surface area contributed by atoms with E-state index in [4.69, 9.17) is 27.4 Å². The summed E-state index contributed by atoms with van der Waals surface area (Å²) in [5, 5.41) is 24.2. The summed E-state index contributed by atoms with van der Waals surface area (Å²) in [5.74, 6) is -4.68. The Morgan fingerprint density at radius 2 is 1.57 bits per heavy atom. The Morgan fingerprint density at radius 1 is 0.933 bits per heavy atom. The van der Waals surface area contributed by atoms with Crippen LogP contribution in [-0.4, -0.2) is 77.0 Å². The molecule has 0 bridgehead atoms. The van der Waals surface area contributed by atoms with Crippen molar-refractivity contribution in [1.29, 1.82) is 0 Å². The Morgan fingerprint density at radius 3 is 2.10 bits per heavy atom. The fraction of sp³-hybridized carbons (Fsp3) is 0.625. The first-order valence-electron chi connectivity index (χ1n) is 9.07. The number of nitrogens with two attached hydrogens (primary N) is 3. The second-order valence-electron chi connectivity index (χ2n) is 6.39. The van der Waals surface area contributed by atoms with E-state index in [1.54, 1.807) is 0 Å². The van der Waals surface area contributed by atoms with Crippen LogP contribution in [-0.2, 0) is 24.0 Å². The van der Waals surface area contributed by atoms with E-state index in [0.29, 0.717) is 6.42 Å². The molecule has 0 spiro atoms. The van der Waals surface area contributed by atoms with Crippen LogP contribution in [0.5, 0.6) is 0 Å². The largest absolute Gasteiger partial charge is 0.481 e. The molecule has 3 atom stereocenters. The Hall–Kier alpha value is -3.42. The molecule has 0 aliphatic carbocycles. The second-order valence-corrected chi connectivity index (χ2v) is 6.39. The van der Waals surface area contributed by atoms with Crippen molar-refractivity contribution in [2.75, 3.05) is 13.1 Å². The van der Waals surface area contributed by atoms with Gasteiger partial charge in [0.15, 0.2) is 5.96 Å². The molecule has 3 amide bonds. The molecule has 0 rings (SSSR count). The molecule has 0 aromatic rings. The number of carboxylic acid groups (broad SMARTS) is 2. The van der Waals surface area contributed by atoms with E-state index in [9.17, 15) is 24.0 Å². The number of nitrogens with zero attached hydrogens (tertiary/aromatic N) is 1.